The Labute approximate surface area is 147 Å². The van der Waals surface area contributed by atoms with Gasteiger partial charge < -0.3 is 4.74 Å². The summed E-state index contributed by atoms with van der Waals surface area (Å²) in [4.78, 5) is 4.67. The van der Waals surface area contributed by atoms with E-state index in [1.54, 1.807) is 0 Å². The third kappa shape index (κ3) is 2.39. The van der Waals surface area contributed by atoms with Gasteiger partial charge in [0, 0.05) is 0 Å². The number of rotatable bonds is 3. The van der Waals surface area contributed by atoms with E-state index >= 15 is 0 Å². The summed E-state index contributed by atoms with van der Waals surface area (Å²) in [7, 11) is 0. The van der Waals surface area contributed by atoms with Crippen LogP contribution in [-0.4, -0.2) is 9.55 Å². The standard InChI is InChI=1S/C22H20N2O/c1-15-23-18-8-5-9-20-22(18)24(15)19-13-12-17(14-21(19)25-20)11-10-16-6-3-2-4-7-16/h2-6,8-9,12-14,16H,7,10-11H2,1H3. The molecule has 1 unspecified atom stereocenters. The van der Waals surface area contributed by atoms with Gasteiger partial charge in [-0.2, -0.15) is 0 Å². The van der Waals surface area contributed by atoms with E-state index in [-0.39, 0.29) is 0 Å². The van der Waals surface area contributed by atoms with Crippen LogP contribution in [-0.2, 0) is 6.42 Å². The van der Waals surface area contributed by atoms with Gasteiger partial charge in [-0.05, 0) is 61.9 Å². The Morgan fingerprint density at radius 2 is 2.12 bits per heavy atom. The van der Waals surface area contributed by atoms with E-state index in [0.29, 0.717) is 5.92 Å². The van der Waals surface area contributed by atoms with Crippen LogP contribution < -0.4 is 4.74 Å². The average molecular weight is 328 g/mol. The fourth-order valence-electron chi connectivity index (χ4n) is 3.89. The first-order chi connectivity index (χ1) is 12.3. The minimum Gasteiger partial charge on any atom is -0.453 e. The summed E-state index contributed by atoms with van der Waals surface area (Å²) in [6.07, 6.45) is 12.3. The van der Waals surface area contributed by atoms with Crippen LogP contribution in [0.3, 0.4) is 0 Å². The lowest BCUT2D eigenvalue weighted by Gasteiger charge is -2.21. The Kier molecular flexibility index (Phi) is 3.27. The quantitative estimate of drug-likeness (QED) is 0.496. The lowest BCUT2D eigenvalue weighted by atomic mass is 9.93. The van der Waals surface area contributed by atoms with E-state index < -0.39 is 0 Å². The number of imidazole rings is 1. The first kappa shape index (κ1) is 14.5. The Morgan fingerprint density at radius 3 is 3.00 bits per heavy atom. The number of aromatic nitrogens is 2. The molecule has 2 aromatic carbocycles. The largest absolute Gasteiger partial charge is 0.453 e. The van der Waals surface area contributed by atoms with Crippen molar-refractivity contribution in [2.45, 2.75) is 26.2 Å². The third-order valence-electron chi connectivity index (χ3n) is 5.17. The molecule has 0 N–H and O–H groups in total. The summed E-state index contributed by atoms with van der Waals surface area (Å²) in [5.74, 6) is 3.47. The number of hydrogen-bond donors (Lipinski definition) is 0. The second-order valence-electron chi connectivity index (χ2n) is 6.87. The molecule has 0 fully saturated rings. The summed E-state index contributed by atoms with van der Waals surface area (Å²) in [6, 6.07) is 12.7. The van der Waals surface area contributed by atoms with E-state index in [4.69, 9.17) is 4.74 Å². The molecule has 3 aromatic rings. The minimum absolute atomic E-state index is 0.651. The predicted octanol–water partition coefficient (Wildman–Crippen LogP) is 5.50. The zero-order valence-corrected chi connectivity index (χ0v) is 14.3. The molecule has 0 bridgehead atoms. The van der Waals surface area contributed by atoms with E-state index in [1.165, 1.54) is 12.0 Å². The van der Waals surface area contributed by atoms with Crippen molar-refractivity contribution in [2.75, 3.05) is 0 Å². The molecule has 1 atom stereocenters. The van der Waals surface area contributed by atoms with Gasteiger partial charge in [0.1, 0.15) is 11.3 Å². The molecule has 1 aliphatic carbocycles. The Morgan fingerprint density at radius 1 is 1.16 bits per heavy atom. The van der Waals surface area contributed by atoms with E-state index in [0.717, 1.165) is 46.9 Å². The topological polar surface area (TPSA) is 27.1 Å². The lowest BCUT2D eigenvalue weighted by Crippen LogP contribution is -2.06. The molecule has 1 aliphatic heterocycles. The molecule has 124 valence electrons. The Hall–Kier alpha value is -2.81. The highest BCUT2D eigenvalue weighted by Crippen LogP contribution is 2.41. The molecule has 0 spiro atoms. The van der Waals surface area contributed by atoms with Crippen LogP contribution >= 0.6 is 0 Å². The van der Waals surface area contributed by atoms with Gasteiger partial charge in [0.25, 0.3) is 0 Å². The van der Waals surface area contributed by atoms with E-state index in [2.05, 4.69) is 59.0 Å². The molecule has 0 amide bonds. The number of ether oxygens (including phenoxy) is 1. The molecule has 25 heavy (non-hydrogen) atoms. The number of hydrogen-bond acceptors (Lipinski definition) is 2. The van der Waals surface area contributed by atoms with Crippen LogP contribution in [0.2, 0.25) is 0 Å². The number of benzene rings is 2. The van der Waals surface area contributed by atoms with Crippen LogP contribution in [0.25, 0.3) is 16.7 Å². The van der Waals surface area contributed by atoms with E-state index in [1.807, 2.05) is 18.2 Å². The highest BCUT2D eigenvalue weighted by Gasteiger charge is 2.22. The minimum atomic E-state index is 0.651. The molecule has 3 heteroatoms. The smallest absolute Gasteiger partial charge is 0.153 e. The van der Waals surface area contributed by atoms with Crippen molar-refractivity contribution >= 4 is 11.0 Å². The zero-order chi connectivity index (χ0) is 16.8. The summed E-state index contributed by atoms with van der Waals surface area (Å²) in [5.41, 5.74) is 4.47. The first-order valence-corrected chi connectivity index (χ1v) is 8.92. The Balaban J connectivity index is 1.48. The van der Waals surface area contributed by atoms with Crippen molar-refractivity contribution in [3.05, 3.63) is 72.1 Å². The third-order valence-corrected chi connectivity index (χ3v) is 5.17. The molecule has 2 aliphatic rings. The number of aryl methyl sites for hydroxylation is 2. The summed E-state index contributed by atoms with van der Waals surface area (Å²) in [5, 5.41) is 0. The maximum absolute atomic E-state index is 6.21. The molecule has 3 nitrogen and oxygen atoms in total. The molecular formula is C22H20N2O. The van der Waals surface area contributed by atoms with Gasteiger partial charge in [-0.1, -0.05) is 36.4 Å². The van der Waals surface area contributed by atoms with Gasteiger partial charge in [0.15, 0.2) is 11.5 Å². The second-order valence-corrected chi connectivity index (χ2v) is 6.87. The number of allylic oxidation sites excluding steroid dienone is 4. The SMILES string of the molecule is Cc1nc2cccc3c2n1-c1ccc(CCC2C=CC=CC2)cc1O3. The van der Waals surface area contributed by atoms with Crippen molar-refractivity contribution in [3.8, 4) is 17.2 Å². The van der Waals surface area contributed by atoms with Gasteiger partial charge >= 0.3 is 0 Å². The van der Waals surface area contributed by atoms with Gasteiger partial charge in [-0.25, -0.2) is 4.98 Å². The maximum Gasteiger partial charge on any atom is 0.153 e. The van der Waals surface area contributed by atoms with Gasteiger partial charge in [0.2, 0.25) is 0 Å². The van der Waals surface area contributed by atoms with Crippen LogP contribution in [0.1, 0.15) is 24.2 Å². The van der Waals surface area contributed by atoms with Gasteiger partial charge in [-0.3, -0.25) is 4.57 Å². The second kappa shape index (κ2) is 5.62. The number of nitrogens with zero attached hydrogens (tertiary/aromatic N) is 2. The van der Waals surface area contributed by atoms with Crippen molar-refractivity contribution in [1.82, 2.24) is 9.55 Å². The van der Waals surface area contributed by atoms with Crippen LogP contribution in [0.4, 0.5) is 0 Å². The predicted molar refractivity (Wildman–Crippen MR) is 101 cm³/mol. The molecule has 2 heterocycles. The number of fused-ring (bicyclic) bond motifs is 2. The first-order valence-electron chi connectivity index (χ1n) is 8.92. The zero-order valence-electron chi connectivity index (χ0n) is 14.3. The van der Waals surface area contributed by atoms with Crippen LogP contribution in [0.5, 0.6) is 11.5 Å². The monoisotopic (exact) mass is 328 g/mol. The van der Waals surface area contributed by atoms with Crippen LogP contribution in [0, 0.1) is 12.8 Å². The normalized spacial score (nSPS) is 17.6. The van der Waals surface area contributed by atoms with Crippen LogP contribution in [0.15, 0.2) is 60.7 Å². The molecule has 0 saturated carbocycles. The lowest BCUT2D eigenvalue weighted by molar-refractivity contribution is 0.473. The van der Waals surface area contributed by atoms with Crippen molar-refractivity contribution in [3.63, 3.8) is 0 Å². The highest BCUT2D eigenvalue weighted by atomic mass is 16.5. The molecule has 1 aromatic heterocycles. The Bertz CT molecular complexity index is 1030. The fraction of sp³-hybridized carbons (Fsp3) is 0.227. The van der Waals surface area contributed by atoms with Crippen molar-refractivity contribution in [2.24, 2.45) is 5.92 Å². The van der Waals surface area contributed by atoms with Gasteiger partial charge in [-0.15, -0.1) is 0 Å². The van der Waals surface area contributed by atoms with Crippen molar-refractivity contribution < 1.29 is 4.74 Å². The van der Waals surface area contributed by atoms with Crippen molar-refractivity contribution in [1.29, 1.82) is 0 Å². The molecule has 0 radical (unpaired) electrons. The maximum atomic E-state index is 6.21. The highest BCUT2D eigenvalue weighted by molar-refractivity contribution is 5.87. The van der Waals surface area contributed by atoms with Gasteiger partial charge in [0.05, 0.1) is 11.2 Å². The summed E-state index contributed by atoms with van der Waals surface area (Å²) < 4.78 is 8.42. The number of para-hydroxylation sites is 1. The molecular weight excluding hydrogens is 308 g/mol. The average Bonchev–Trinajstić information content (AvgIpc) is 2.99. The van der Waals surface area contributed by atoms with E-state index in [9.17, 15) is 0 Å². The summed E-state index contributed by atoms with van der Waals surface area (Å²) >= 11 is 0. The summed E-state index contributed by atoms with van der Waals surface area (Å²) in [6.45, 7) is 2.05. The fourth-order valence-corrected chi connectivity index (χ4v) is 3.89. The molecule has 5 rings (SSSR count). The molecule has 0 saturated heterocycles.